The first-order valence-electron chi connectivity index (χ1n) is 12.4. The molecule has 2 heterocycles. The normalized spacial score (nSPS) is 34.5. The molecular formula is C29H34N2O4. The molecular weight excluding hydrogens is 440 g/mol. The third-order valence-electron chi connectivity index (χ3n) is 8.83. The third-order valence-corrected chi connectivity index (χ3v) is 8.83. The highest BCUT2D eigenvalue weighted by atomic mass is 16.5. The maximum Gasteiger partial charge on any atom is 0.343 e. The summed E-state index contributed by atoms with van der Waals surface area (Å²) in [7, 11) is 1.96. The number of esters is 1. The van der Waals surface area contributed by atoms with Gasteiger partial charge in [-0.15, -0.1) is 0 Å². The molecule has 5 rings (SSSR count). The van der Waals surface area contributed by atoms with Gasteiger partial charge in [0.1, 0.15) is 5.76 Å². The summed E-state index contributed by atoms with van der Waals surface area (Å²) in [4.78, 5) is 17.0. The van der Waals surface area contributed by atoms with Crippen molar-refractivity contribution >= 4 is 23.1 Å². The van der Waals surface area contributed by atoms with Gasteiger partial charge in [-0.1, -0.05) is 44.2 Å². The van der Waals surface area contributed by atoms with Gasteiger partial charge in [-0.3, -0.25) is 0 Å². The van der Waals surface area contributed by atoms with Crippen LogP contribution in [0.5, 0.6) is 0 Å². The van der Waals surface area contributed by atoms with Crippen molar-refractivity contribution in [2.45, 2.75) is 45.6 Å². The zero-order valence-corrected chi connectivity index (χ0v) is 20.7. The van der Waals surface area contributed by atoms with Crippen LogP contribution in [0, 0.1) is 22.7 Å². The molecule has 0 saturated heterocycles. The Kier molecular flexibility index (Phi) is 5.85. The Hall–Kier alpha value is -2.96. The lowest BCUT2D eigenvalue weighted by Crippen LogP contribution is -2.57. The molecule has 2 aliphatic carbocycles. The number of nitrogens with zero attached hydrogens (tertiary/aromatic N) is 2. The Labute approximate surface area is 206 Å². The van der Waals surface area contributed by atoms with Crippen molar-refractivity contribution < 1.29 is 19.7 Å². The Bertz CT molecular complexity index is 1280. The van der Waals surface area contributed by atoms with Gasteiger partial charge in [-0.25, -0.2) is 9.78 Å². The Morgan fingerprint density at radius 2 is 2.11 bits per heavy atom. The molecule has 6 heteroatoms. The summed E-state index contributed by atoms with van der Waals surface area (Å²) < 4.78 is 7.49. The van der Waals surface area contributed by atoms with Crippen LogP contribution in [-0.2, 0) is 16.6 Å². The van der Waals surface area contributed by atoms with Crippen LogP contribution in [0.3, 0.4) is 0 Å². The van der Waals surface area contributed by atoms with E-state index in [1.165, 1.54) is 0 Å². The molecule has 35 heavy (non-hydrogen) atoms. The third kappa shape index (κ3) is 3.89. The second-order valence-corrected chi connectivity index (χ2v) is 11.0. The van der Waals surface area contributed by atoms with Crippen LogP contribution in [-0.4, -0.2) is 38.4 Å². The maximum absolute atomic E-state index is 12.6. The first-order valence-corrected chi connectivity index (χ1v) is 12.4. The van der Waals surface area contributed by atoms with E-state index in [0.717, 1.165) is 41.4 Å². The molecule has 0 radical (unpaired) electrons. The summed E-state index contributed by atoms with van der Waals surface area (Å²) in [6.45, 7) is 8.57. The Morgan fingerprint density at radius 3 is 2.89 bits per heavy atom. The summed E-state index contributed by atoms with van der Waals surface area (Å²) in [6, 6.07) is 5.96. The van der Waals surface area contributed by atoms with Crippen LogP contribution < -0.4 is 0 Å². The van der Waals surface area contributed by atoms with Crippen molar-refractivity contribution in [3.63, 3.8) is 0 Å². The highest BCUT2D eigenvalue weighted by Gasteiger charge is 2.57. The molecule has 3 aliphatic rings. The smallest absolute Gasteiger partial charge is 0.343 e. The number of ether oxygens (including phenoxy) is 1. The van der Waals surface area contributed by atoms with Crippen LogP contribution in [0.1, 0.15) is 45.1 Å². The number of fused-ring (bicyclic) bond motifs is 2. The van der Waals surface area contributed by atoms with Gasteiger partial charge in [-0.05, 0) is 66.9 Å². The molecule has 2 unspecified atom stereocenters. The fourth-order valence-electron chi connectivity index (χ4n) is 6.69. The van der Waals surface area contributed by atoms with Gasteiger partial charge in [0.25, 0.3) is 0 Å². The standard InChI is InChI=1S/C29H34N2O4/c1-18-5-10-25-28(2,12-11-26(33)29(25,3)16-32)22(18)8-7-20-15-21(35-27(20)34)13-19-6-9-24-23(14-19)30-17-31(24)4/h6-9,13-15,17,22,25-26,32-33H,1,5,10-12,16H2,2-4H3/b8-7+,21-13+/t22?,25?,26-,28-,29+/m1/s1. The van der Waals surface area contributed by atoms with E-state index in [0.29, 0.717) is 17.8 Å². The summed E-state index contributed by atoms with van der Waals surface area (Å²) in [5.74, 6) is 0.372. The van der Waals surface area contributed by atoms with E-state index in [1.807, 2.05) is 48.9 Å². The zero-order valence-electron chi connectivity index (χ0n) is 20.7. The highest BCUT2D eigenvalue weighted by molar-refractivity contribution is 5.96. The van der Waals surface area contributed by atoms with Gasteiger partial charge >= 0.3 is 5.97 Å². The molecule has 0 spiro atoms. The van der Waals surface area contributed by atoms with Crippen molar-refractivity contribution in [3.8, 4) is 0 Å². The number of aliphatic hydroxyl groups is 2. The first kappa shape index (κ1) is 23.8. The summed E-state index contributed by atoms with van der Waals surface area (Å²) in [5.41, 5.74) is 3.83. The second kappa shape index (κ2) is 8.61. The number of rotatable bonds is 4. The van der Waals surface area contributed by atoms with Gasteiger partial charge in [0.05, 0.1) is 35.6 Å². The number of allylic oxidation sites excluding steroid dienone is 3. The largest absolute Gasteiger partial charge is 0.423 e. The number of hydrogen-bond donors (Lipinski definition) is 2. The van der Waals surface area contributed by atoms with Gasteiger partial charge in [-0.2, -0.15) is 0 Å². The van der Waals surface area contributed by atoms with Crippen molar-refractivity contribution in [1.29, 1.82) is 0 Å². The van der Waals surface area contributed by atoms with Crippen LogP contribution in [0.4, 0.5) is 0 Å². The number of aliphatic hydroxyl groups excluding tert-OH is 2. The summed E-state index contributed by atoms with van der Waals surface area (Å²) in [5, 5.41) is 20.9. The van der Waals surface area contributed by atoms with Crippen molar-refractivity contribution in [3.05, 3.63) is 71.8 Å². The zero-order chi connectivity index (χ0) is 25.0. The molecule has 2 saturated carbocycles. The number of imidazole rings is 1. The van der Waals surface area contributed by atoms with Crippen LogP contribution in [0.15, 0.2) is 66.2 Å². The quantitative estimate of drug-likeness (QED) is 0.496. The predicted octanol–water partition coefficient (Wildman–Crippen LogP) is 4.70. The van der Waals surface area contributed by atoms with Crippen LogP contribution in [0.2, 0.25) is 0 Å². The minimum absolute atomic E-state index is 0.0345. The van der Waals surface area contributed by atoms with Gasteiger partial charge in [0.2, 0.25) is 0 Å². The molecule has 0 bridgehead atoms. The average molecular weight is 475 g/mol. The monoisotopic (exact) mass is 474 g/mol. The van der Waals surface area contributed by atoms with E-state index in [-0.39, 0.29) is 29.8 Å². The number of aromatic nitrogens is 2. The number of carbonyl (C=O) groups is 1. The summed E-state index contributed by atoms with van der Waals surface area (Å²) in [6.07, 6.45) is 12.1. The van der Waals surface area contributed by atoms with E-state index in [1.54, 1.807) is 12.4 Å². The van der Waals surface area contributed by atoms with E-state index in [9.17, 15) is 15.0 Å². The van der Waals surface area contributed by atoms with Crippen LogP contribution >= 0.6 is 0 Å². The fraction of sp³-hybridized carbons (Fsp3) is 0.448. The molecule has 2 fully saturated rings. The first-order chi connectivity index (χ1) is 16.7. The summed E-state index contributed by atoms with van der Waals surface area (Å²) >= 11 is 0. The van der Waals surface area contributed by atoms with E-state index in [2.05, 4.69) is 24.6 Å². The molecule has 1 aromatic carbocycles. The van der Waals surface area contributed by atoms with Gasteiger partial charge < -0.3 is 19.5 Å². The number of benzene rings is 1. The molecule has 184 valence electrons. The van der Waals surface area contributed by atoms with E-state index in [4.69, 9.17) is 4.74 Å². The number of hydrogen-bond acceptors (Lipinski definition) is 5. The maximum atomic E-state index is 12.6. The molecule has 5 atom stereocenters. The Balaban J connectivity index is 1.40. The second-order valence-electron chi connectivity index (χ2n) is 11.0. The lowest BCUT2D eigenvalue weighted by molar-refractivity contribution is -0.145. The predicted molar refractivity (Wildman–Crippen MR) is 136 cm³/mol. The lowest BCUT2D eigenvalue weighted by Gasteiger charge is -2.59. The topological polar surface area (TPSA) is 84.6 Å². The van der Waals surface area contributed by atoms with Crippen molar-refractivity contribution in [2.24, 2.45) is 29.7 Å². The molecule has 2 N–H and O–H groups in total. The minimum Gasteiger partial charge on any atom is -0.423 e. The molecule has 2 aromatic rings. The van der Waals surface area contributed by atoms with Crippen molar-refractivity contribution in [2.75, 3.05) is 6.61 Å². The van der Waals surface area contributed by atoms with Gasteiger partial charge in [0.15, 0.2) is 0 Å². The molecule has 6 nitrogen and oxygen atoms in total. The van der Waals surface area contributed by atoms with E-state index < -0.39 is 11.5 Å². The number of cyclic esters (lactones) is 1. The highest BCUT2D eigenvalue weighted by Crippen LogP contribution is 2.61. The number of carbonyl (C=O) groups excluding carboxylic acids is 1. The number of aryl methyl sites for hydroxylation is 1. The Morgan fingerprint density at radius 1 is 1.31 bits per heavy atom. The molecule has 1 aromatic heterocycles. The van der Waals surface area contributed by atoms with Crippen molar-refractivity contribution in [1.82, 2.24) is 9.55 Å². The molecule has 0 amide bonds. The SMILES string of the molecule is C=C1CCC2[C@](C)(CC[C@@H](O)[C@@]2(C)CO)C1/C=C/C1=CC(=C\c2ccc3c(c2)ncn3C)/OC1=O. The van der Waals surface area contributed by atoms with E-state index >= 15 is 0 Å². The fourth-order valence-corrected chi connectivity index (χ4v) is 6.69. The molecule has 1 aliphatic heterocycles. The van der Waals surface area contributed by atoms with Crippen LogP contribution in [0.25, 0.3) is 17.1 Å². The lowest BCUT2D eigenvalue weighted by atomic mass is 9.46. The average Bonchev–Trinajstić information content (AvgIpc) is 3.37. The minimum atomic E-state index is -0.532. The van der Waals surface area contributed by atoms with Gasteiger partial charge in [0, 0.05) is 18.4 Å².